The molecule has 0 spiro atoms. The fourth-order valence-corrected chi connectivity index (χ4v) is 1.93. The number of pyridine rings is 1. The molecule has 0 saturated heterocycles. The number of hydrogen-bond donors (Lipinski definition) is 2. The number of aromatic nitrogens is 1. The van der Waals surface area contributed by atoms with Crippen molar-refractivity contribution >= 4 is 29.7 Å². The highest BCUT2D eigenvalue weighted by Crippen LogP contribution is 2.25. The van der Waals surface area contributed by atoms with Gasteiger partial charge in [-0.05, 0) is 31.2 Å². The van der Waals surface area contributed by atoms with Crippen LogP contribution in [0.15, 0.2) is 47.7 Å². The van der Waals surface area contributed by atoms with E-state index >= 15 is 0 Å². The summed E-state index contributed by atoms with van der Waals surface area (Å²) in [6.45, 7) is 5.41. The summed E-state index contributed by atoms with van der Waals surface area (Å²) < 4.78 is 13.4. The van der Waals surface area contributed by atoms with Crippen molar-refractivity contribution in [1.29, 1.82) is 0 Å². The Balaban J connectivity index is 2.37. The molecule has 3 N–H and O–H groups in total. The van der Waals surface area contributed by atoms with Gasteiger partial charge in [-0.15, -0.1) is 6.42 Å². The van der Waals surface area contributed by atoms with Gasteiger partial charge in [0.05, 0.1) is 11.3 Å². The number of allylic oxidation sites excluding steroid dienone is 1. The van der Waals surface area contributed by atoms with Gasteiger partial charge >= 0.3 is 0 Å². The molecule has 0 aliphatic rings. The third-order valence-electron chi connectivity index (χ3n) is 2.97. The first kappa shape index (κ1) is 16.0. The number of hydrogen-bond acceptors (Lipinski definition) is 5. The van der Waals surface area contributed by atoms with Crippen molar-refractivity contribution in [1.82, 2.24) is 4.98 Å². The number of nitrogens with one attached hydrogen (secondary N) is 1. The Kier molecular flexibility index (Phi) is 4.95. The third kappa shape index (κ3) is 3.66. The number of hydrazone groups is 1. The van der Waals surface area contributed by atoms with Crippen molar-refractivity contribution in [3.05, 3.63) is 54.0 Å². The van der Waals surface area contributed by atoms with Crippen LogP contribution in [0, 0.1) is 18.2 Å². The molecule has 0 fully saturated rings. The summed E-state index contributed by atoms with van der Waals surface area (Å²) in [5.74, 6) is 1.83. The van der Waals surface area contributed by atoms with Crippen LogP contribution in [0.1, 0.15) is 12.5 Å². The fraction of sp³-hybridized carbons (Fsp3) is 0.0588. The first-order chi connectivity index (χ1) is 11.1. The van der Waals surface area contributed by atoms with E-state index in [0.717, 1.165) is 5.69 Å². The van der Waals surface area contributed by atoms with E-state index in [0.29, 0.717) is 11.5 Å². The minimum atomic E-state index is -0.646. The highest BCUT2D eigenvalue weighted by molar-refractivity contribution is 5.68. The minimum Gasteiger partial charge on any atom is -0.381 e. The average molecular weight is 309 g/mol. The number of anilines is 4. The Morgan fingerprint density at radius 2 is 2.26 bits per heavy atom. The van der Waals surface area contributed by atoms with Crippen molar-refractivity contribution in [2.24, 2.45) is 5.10 Å². The van der Waals surface area contributed by atoms with Gasteiger partial charge in [0.1, 0.15) is 5.82 Å². The van der Waals surface area contributed by atoms with Crippen LogP contribution in [0.5, 0.6) is 0 Å². The Bertz CT molecular complexity index is 792. The summed E-state index contributed by atoms with van der Waals surface area (Å²) in [5.41, 5.74) is 7.28. The standard InChI is InChI=1S/C17H16FN5/c1-4-9-23(20-3)14-8-6-7-13(11-14)21-17-12(5-2)10-15(18)16(19)22-17/h2,4,6-11H,3H2,1H3,(H3,19,21,22)/b9-4-. The fourth-order valence-electron chi connectivity index (χ4n) is 1.93. The van der Waals surface area contributed by atoms with Crippen molar-refractivity contribution in [3.8, 4) is 12.3 Å². The normalized spacial score (nSPS) is 10.3. The van der Waals surface area contributed by atoms with Crippen molar-refractivity contribution in [2.75, 3.05) is 16.1 Å². The quantitative estimate of drug-likeness (QED) is 0.504. The molecule has 5 nitrogen and oxygen atoms in total. The lowest BCUT2D eigenvalue weighted by molar-refractivity contribution is 0.627. The van der Waals surface area contributed by atoms with Crippen LogP contribution in [-0.4, -0.2) is 11.7 Å². The molecule has 1 heterocycles. The number of nitrogens with zero attached hydrogens (tertiary/aromatic N) is 3. The van der Waals surface area contributed by atoms with E-state index in [1.165, 1.54) is 6.07 Å². The second kappa shape index (κ2) is 7.09. The molecule has 116 valence electrons. The van der Waals surface area contributed by atoms with Crippen LogP contribution in [0.4, 0.5) is 27.4 Å². The summed E-state index contributed by atoms with van der Waals surface area (Å²) in [6.07, 6.45) is 9.00. The molecular formula is C17H16FN5. The van der Waals surface area contributed by atoms with Gasteiger partial charge < -0.3 is 11.1 Å². The SMILES string of the molecule is C#Cc1cc(F)c(N)nc1Nc1cccc(N(/C=C\C)N=C)c1. The van der Waals surface area contributed by atoms with Gasteiger partial charge in [-0.3, -0.25) is 0 Å². The number of rotatable bonds is 5. The third-order valence-corrected chi connectivity index (χ3v) is 2.97. The largest absolute Gasteiger partial charge is 0.381 e. The van der Waals surface area contributed by atoms with Gasteiger partial charge in [0.25, 0.3) is 0 Å². The Morgan fingerprint density at radius 1 is 1.48 bits per heavy atom. The van der Waals surface area contributed by atoms with Crippen molar-refractivity contribution in [2.45, 2.75) is 6.92 Å². The first-order valence-electron chi connectivity index (χ1n) is 6.77. The van der Waals surface area contributed by atoms with Crippen molar-refractivity contribution < 1.29 is 4.39 Å². The molecule has 23 heavy (non-hydrogen) atoms. The van der Waals surface area contributed by atoms with Crippen LogP contribution in [0.25, 0.3) is 0 Å². The lowest BCUT2D eigenvalue weighted by Crippen LogP contribution is -2.07. The highest BCUT2D eigenvalue weighted by Gasteiger charge is 2.09. The molecular weight excluding hydrogens is 293 g/mol. The molecule has 1 aromatic heterocycles. The molecule has 0 amide bonds. The molecule has 0 aliphatic carbocycles. The topological polar surface area (TPSA) is 66.5 Å². The van der Waals surface area contributed by atoms with E-state index in [1.54, 1.807) is 11.2 Å². The maximum atomic E-state index is 13.4. The molecule has 2 aromatic rings. The maximum absolute atomic E-state index is 13.4. The number of nitrogen functional groups attached to an aromatic ring is 1. The van der Waals surface area contributed by atoms with Gasteiger partial charge in [0.15, 0.2) is 11.6 Å². The molecule has 1 aromatic carbocycles. The second-order valence-corrected chi connectivity index (χ2v) is 4.54. The zero-order chi connectivity index (χ0) is 16.8. The van der Waals surface area contributed by atoms with E-state index < -0.39 is 5.82 Å². The zero-order valence-corrected chi connectivity index (χ0v) is 12.6. The number of terminal acetylenes is 1. The molecule has 0 saturated carbocycles. The van der Waals surface area contributed by atoms with Gasteiger partial charge in [0, 0.05) is 18.6 Å². The molecule has 0 unspecified atom stereocenters. The summed E-state index contributed by atoms with van der Waals surface area (Å²) >= 11 is 0. The monoisotopic (exact) mass is 309 g/mol. The van der Waals surface area contributed by atoms with E-state index in [9.17, 15) is 4.39 Å². The Morgan fingerprint density at radius 3 is 2.91 bits per heavy atom. The van der Waals surface area contributed by atoms with Gasteiger partial charge in [-0.25, -0.2) is 14.4 Å². The predicted molar refractivity (Wildman–Crippen MR) is 93.1 cm³/mol. The summed E-state index contributed by atoms with van der Waals surface area (Å²) in [4.78, 5) is 3.96. The summed E-state index contributed by atoms with van der Waals surface area (Å²) in [7, 11) is 0. The number of nitrogens with two attached hydrogens (primary N) is 1. The van der Waals surface area contributed by atoms with Crippen LogP contribution in [0.3, 0.4) is 0 Å². The average Bonchev–Trinajstić information content (AvgIpc) is 2.56. The highest BCUT2D eigenvalue weighted by atomic mass is 19.1. The second-order valence-electron chi connectivity index (χ2n) is 4.54. The van der Waals surface area contributed by atoms with Gasteiger partial charge in [0.2, 0.25) is 0 Å². The number of benzene rings is 1. The number of halogens is 1. The molecule has 0 radical (unpaired) electrons. The van der Waals surface area contributed by atoms with E-state index in [2.05, 4.69) is 28.0 Å². The molecule has 0 aliphatic heterocycles. The van der Waals surface area contributed by atoms with Crippen LogP contribution in [-0.2, 0) is 0 Å². The van der Waals surface area contributed by atoms with Gasteiger partial charge in [-0.1, -0.05) is 18.1 Å². The molecule has 2 rings (SSSR count). The summed E-state index contributed by atoms with van der Waals surface area (Å²) in [6, 6.07) is 8.53. The molecule has 0 atom stereocenters. The maximum Gasteiger partial charge on any atom is 0.166 e. The Hall–Kier alpha value is -3.33. The zero-order valence-electron chi connectivity index (χ0n) is 12.6. The van der Waals surface area contributed by atoms with Crippen LogP contribution in [0.2, 0.25) is 0 Å². The van der Waals surface area contributed by atoms with E-state index in [-0.39, 0.29) is 11.4 Å². The summed E-state index contributed by atoms with van der Waals surface area (Å²) in [5, 5.41) is 8.56. The van der Waals surface area contributed by atoms with Crippen LogP contribution < -0.4 is 16.1 Å². The van der Waals surface area contributed by atoms with Gasteiger partial charge in [-0.2, -0.15) is 5.10 Å². The minimum absolute atomic E-state index is 0.217. The first-order valence-corrected chi connectivity index (χ1v) is 6.77. The molecule has 6 heteroatoms. The predicted octanol–water partition coefficient (Wildman–Crippen LogP) is 3.48. The Labute approximate surface area is 134 Å². The van der Waals surface area contributed by atoms with Crippen molar-refractivity contribution in [3.63, 3.8) is 0 Å². The lowest BCUT2D eigenvalue weighted by atomic mass is 10.2. The van der Waals surface area contributed by atoms with E-state index in [4.69, 9.17) is 12.2 Å². The smallest absolute Gasteiger partial charge is 0.166 e. The van der Waals surface area contributed by atoms with E-state index in [1.807, 2.05) is 37.3 Å². The molecule has 0 bridgehead atoms. The van der Waals surface area contributed by atoms with Crippen LogP contribution >= 0.6 is 0 Å². The lowest BCUT2D eigenvalue weighted by Gasteiger charge is -2.15.